The molecule has 0 saturated carbocycles. The van der Waals surface area contributed by atoms with Crippen LogP contribution in [0.25, 0.3) is 11.2 Å². The number of esters is 1. The van der Waals surface area contributed by atoms with E-state index in [1.807, 2.05) is 16.8 Å². The zero-order valence-corrected chi connectivity index (χ0v) is 21.7. The van der Waals surface area contributed by atoms with E-state index in [0.29, 0.717) is 31.4 Å². The summed E-state index contributed by atoms with van der Waals surface area (Å²) in [5.74, 6) is 0.997. The molecular formula is C23H39N3O3SSi-. The third-order valence-electron chi connectivity index (χ3n) is 5.25. The molecule has 0 N–H and O–H groups in total. The molecule has 175 valence electrons. The molecule has 2 aromatic heterocycles. The molecule has 0 aliphatic carbocycles. The Labute approximate surface area is 192 Å². The number of carbonyl (C=O) groups excluding carboxylic acids is 1. The molecule has 0 bridgehead atoms. The Morgan fingerprint density at radius 3 is 2.81 bits per heavy atom. The molecule has 6 nitrogen and oxygen atoms in total. The molecule has 0 fully saturated rings. The Morgan fingerprint density at radius 2 is 2.10 bits per heavy atom. The zero-order chi connectivity index (χ0) is 22.7. The first-order valence-electron chi connectivity index (χ1n) is 11.5. The lowest BCUT2D eigenvalue weighted by Crippen LogP contribution is -2.22. The van der Waals surface area contributed by atoms with Gasteiger partial charge in [0, 0.05) is 18.6 Å². The van der Waals surface area contributed by atoms with Crippen molar-refractivity contribution >= 4 is 37.0 Å². The van der Waals surface area contributed by atoms with Gasteiger partial charge in [0.1, 0.15) is 17.3 Å². The van der Waals surface area contributed by atoms with Gasteiger partial charge in [-0.2, -0.15) is 19.6 Å². The second-order valence-electron chi connectivity index (χ2n) is 9.25. The van der Waals surface area contributed by atoms with Crippen LogP contribution < -0.4 is 0 Å². The summed E-state index contributed by atoms with van der Waals surface area (Å²) >= 11 is 1.54. The molecule has 1 unspecified atom stereocenters. The van der Waals surface area contributed by atoms with Crippen LogP contribution in [0.5, 0.6) is 0 Å². The number of hydrogen-bond acceptors (Lipinski definition) is 6. The average Bonchev–Trinajstić information content (AvgIpc) is 3.13. The van der Waals surface area contributed by atoms with E-state index < -0.39 is 8.07 Å². The van der Waals surface area contributed by atoms with Gasteiger partial charge in [-0.25, -0.2) is 9.97 Å². The van der Waals surface area contributed by atoms with Crippen LogP contribution in [0, 0.1) is 5.92 Å². The van der Waals surface area contributed by atoms with Gasteiger partial charge in [0.25, 0.3) is 0 Å². The van der Waals surface area contributed by atoms with Gasteiger partial charge in [-0.3, -0.25) is 4.79 Å². The first-order valence-corrected chi connectivity index (χ1v) is 16.2. The number of fused-ring (bicyclic) bond motifs is 1. The van der Waals surface area contributed by atoms with E-state index in [1.165, 1.54) is 12.8 Å². The van der Waals surface area contributed by atoms with E-state index in [2.05, 4.69) is 43.5 Å². The molecule has 2 aromatic rings. The molecule has 2 rings (SSSR count). The van der Waals surface area contributed by atoms with Crippen LogP contribution in [0.4, 0.5) is 0 Å². The molecule has 0 radical (unpaired) electrons. The number of rotatable bonds is 15. The van der Waals surface area contributed by atoms with Gasteiger partial charge < -0.3 is 14.0 Å². The fourth-order valence-corrected chi connectivity index (χ4v) is 4.60. The Kier molecular flexibility index (Phi) is 11.0. The minimum absolute atomic E-state index is 0.127. The van der Waals surface area contributed by atoms with Crippen molar-refractivity contribution in [2.75, 3.05) is 19.0 Å². The lowest BCUT2D eigenvalue weighted by molar-refractivity contribution is -0.144. The summed E-state index contributed by atoms with van der Waals surface area (Å²) in [6.07, 6.45) is 8.69. The molecule has 0 spiro atoms. The molecule has 1 atom stereocenters. The normalized spacial score (nSPS) is 12.9. The predicted molar refractivity (Wildman–Crippen MR) is 131 cm³/mol. The van der Waals surface area contributed by atoms with Gasteiger partial charge in [0.05, 0.1) is 19.2 Å². The lowest BCUT2D eigenvalue weighted by Gasteiger charge is -2.26. The Morgan fingerprint density at radius 1 is 1.29 bits per heavy atom. The largest absolute Gasteiger partial charge is 0.465 e. The highest BCUT2D eigenvalue weighted by molar-refractivity contribution is 7.99. The molecule has 0 amide bonds. The van der Waals surface area contributed by atoms with Crippen molar-refractivity contribution in [3.8, 4) is 0 Å². The Bertz CT molecular complexity index is 807. The second kappa shape index (κ2) is 13.2. The number of carbonyl (C=O) groups is 1. The summed E-state index contributed by atoms with van der Waals surface area (Å²) in [6, 6.07) is 3.11. The smallest absolute Gasteiger partial charge is 0.306 e. The number of nitrogens with zero attached hydrogens (tertiary/aromatic N) is 3. The number of ether oxygens (including phenoxy) is 2. The lowest BCUT2D eigenvalue weighted by atomic mass is 10.0. The fourth-order valence-electron chi connectivity index (χ4n) is 3.08. The first-order chi connectivity index (χ1) is 14.8. The van der Waals surface area contributed by atoms with Crippen LogP contribution in [0.3, 0.4) is 0 Å². The van der Waals surface area contributed by atoms with Crippen molar-refractivity contribution in [1.29, 1.82) is 0 Å². The van der Waals surface area contributed by atoms with Crippen molar-refractivity contribution in [1.82, 2.24) is 14.5 Å². The molecule has 2 heterocycles. The van der Waals surface area contributed by atoms with E-state index in [0.717, 1.165) is 41.7 Å². The van der Waals surface area contributed by atoms with E-state index in [-0.39, 0.29) is 5.97 Å². The van der Waals surface area contributed by atoms with Crippen LogP contribution in [-0.4, -0.2) is 47.5 Å². The molecule has 31 heavy (non-hydrogen) atoms. The maximum Gasteiger partial charge on any atom is 0.306 e. The highest BCUT2D eigenvalue weighted by Crippen LogP contribution is 2.20. The summed E-state index contributed by atoms with van der Waals surface area (Å²) in [7, 11) is -1.08. The SMILES string of the molecule is CCCCC(CC)COC(=O)CCSc1cnc2c(ccn2COCC[Si-](C)(C)C)n1. The average molecular weight is 466 g/mol. The van der Waals surface area contributed by atoms with Crippen LogP contribution in [0.1, 0.15) is 46.0 Å². The van der Waals surface area contributed by atoms with E-state index in [4.69, 9.17) is 9.47 Å². The number of hydrogen-bond donors (Lipinski definition) is 0. The monoisotopic (exact) mass is 465 g/mol. The van der Waals surface area contributed by atoms with Gasteiger partial charge in [-0.15, -0.1) is 25.9 Å². The predicted octanol–water partition coefficient (Wildman–Crippen LogP) is 5.99. The van der Waals surface area contributed by atoms with Crippen molar-refractivity contribution in [2.45, 2.75) is 83.4 Å². The molecule has 0 aliphatic heterocycles. The molecule has 8 heteroatoms. The molecule has 0 saturated heterocycles. The number of aromatic nitrogens is 3. The summed E-state index contributed by atoms with van der Waals surface area (Å²) in [5, 5.41) is 0.826. The van der Waals surface area contributed by atoms with Gasteiger partial charge in [-0.05, 0) is 18.4 Å². The Hall–Kier alpha value is -1.38. The summed E-state index contributed by atoms with van der Waals surface area (Å²) in [4.78, 5) is 21.3. The number of unbranched alkanes of at least 4 members (excludes halogenated alkanes) is 1. The van der Waals surface area contributed by atoms with E-state index >= 15 is 0 Å². The molecule has 0 aliphatic rings. The molecular weight excluding hydrogens is 426 g/mol. The first kappa shape index (κ1) is 25.9. The second-order valence-corrected chi connectivity index (χ2v) is 16.0. The van der Waals surface area contributed by atoms with Crippen LogP contribution in [0.15, 0.2) is 23.5 Å². The van der Waals surface area contributed by atoms with Crippen LogP contribution >= 0.6 is 11.8 Å². The maximum atomic E-state index is 12.0. The maximum absolute atomic E-state index is 12.0. The quantitative estimate of drug-likeness (QED) is 0.139. The summed E-state index contributed by atoms with van der Waals surface area (Å²) in [5.41, 5.74) is 1.68. The Balaban J connectivity index is 1.74. The van der Waals surface area contributed by atoms with Crippen molar-refractivity contribution in [2.24, 2.45) is 5.92 Å². The minimum Gasteiger partial charge on any atom is -0.465 e. The van der Waals surface area contributed by atoms with Crippen LogP contribution in [-0.2, 0) is 21.0 Å². The topological polar surface area (TPSA) is 66.2 Å². The highest BCUT2D eigenvalue weighted by Gasteiger charge is 2.11. The van der Waals surface area contributed by atoms with E-state index in [9.17, 15) is 4.79 Å². The summed E-state index contributed by atoms with van der Waals surface area (Å²) < 4.78 is 13.3. The molecule has 0 aromatic carbocycles. The zero-order valence-electron chi connectivity index (χ0n) is 19.9. The number of thioether (sulfide) groups is 1. The minimum atomic E-state index is -1.08. The van der Waals surface area contributed by atoms with E-state index in [1.54, 1.807) is 18.0 Å². The van der Waals surface area contributed by atoms with Crippen molar-refractivity contribution in [3.63, 3.8) is 0 Å². The third kappa shape index (κ3) is 9.74. The van der Waals surface area contributed by atoms with Crippen molar-refractivity contribution in [3.05, 3.63) is 18.5 Å². The fraction of sp³-hybridized carbons (Fsp3) is 0.696. The van der Waals surface area contributed by atoms with Gasteiger partial charge in [0.15, 0.2) is 5.65 Å². The standard InChI is InChI=1S/C23H39N3O3SSi/c1-6-8-9-19(7-2)17-29-22(27)11-14-30-21-16-24-23-20(25-21)10-12-26(23)18-28-13-15-31(3,4)5/h10,12,16,19H,6-9,11,13-15,17-18H2,1-5H3/q-1. The van der Waals surface area contributed by atoms with Gasteiger partial charge in [-0.1, -0.05) is 33.1 Å². The van der Waals surface area contributed by atoms with Crippen LogP contribution in [0.2, 0.25) is 25.7 Å². The van der Waals surface area contributed by atoms with Gasteiger partial charge in [0.2, 0.25) is 0 Å². The third-order valence-corrected chi connectivity index (χ3v) is 7.85. The van der Waals surface area contributed by atoms with Gasteiger partial charge >= 0.3 is 5.97 Å². The highest BCUT2D eigenvalue weighted by atomic mass is 32.2. The summed E-state index contributed by atoms with van der Waals surface area (Å²) in [6.45, 7) is 13.2. The van der Waals surface area contributed by atoms with Crippen molar-refractivity contribution < 1.29 is 14.3 Å².